The topological polar surface area (TPSA) is 49.8 Å². The number of hydrogen-bond acceptors (Lipinski definition) is 4. The third-order valence-corrected chi connectivity index (χ3v) is 2.87. The second-order valence-corrected chi connectivity index (χ2v) is 3.99. The standard InChI is InChI=1S/C12H14N4/c1-2-4-10-9(3-1)15-8-12(16-10)11-7-13-5-6-14-11/h1-4,8,11,13-14H,5-7H2. The van der Waals surface area contributed by atoms with Crippen molar-refractivity contribution in [2.45, 2.75) is 6.04 Å². The van der Waals surface area contributed by atoms with Gasteiger partial charge in [0.25, 0.3) is 0 Å². The van der Waals surface area contributed by atoms with E-state index >= 15 is 0 Å². The molecular formula is C12H14N4. The number of fused-ring (bicyclic) bond motifs is 1. The minimum atomic E-state index is 0.283. The van der Waals surface area contributed by atoms with E-state index in [1.165, 1.54) is 0 Å². The van der Waals surface area contributed by atoms with Gasteiger partial charge in [-0.15, -0.1) is 0 Å². The number of hydrogen-bond donors (Lipinski definition) is 2. The first-order valence-corrected chi connectivity index (χ1v) is 5.59. The van der Waals surface area contributed by atoms with E-state index in [2.05, 4.69) is 20.6 Å². The molecule has 1 saturated heterocycles. The van der Waals surface area contributed by atoms with Gasteiger partial charge in [0.1, 0.15) is 0 Å². The van der Waals surface area contributed by atoms with Crippen LogP contribution >= 0.6 is 0 Å². The molecule has 3 rings (SSSR count). The van der Waals surface area contributed by atoms with Crippen LogP contribution in [0, 0.1) is 0 Å². The lowest BCUT2D eigenvalue weighted by molar-refractivity contribution is 0.423. The highest BCUT2D eigenvalue weighted by Gasteiger charge is 2.15. The van der Waals surface area contributed by atoms with Crippen molar-refractivity contribution < 1.29 is 0 Å². The van der Waals surface area contributed by atoms with E-state index in [1.54, 1.807) is 0 Å². The van der Waals surface area contributed by atoms with Crippen molar-refractivity contribution in [3.8, 4) is 0 Å². The zero-order valence-electron chi connectivity index (χ0n) is 8.98. The van der Waals surface area contributed by atoms with Crippen LogP contribution in [0.5, 0.6) is 0 Å². The number of rotatable bonds is 1. The molecule has 0 radical (unpaired) electrons. The summed E-state index contributed by atoms with van der Waals surface area (Å²) in [6.07, 6.45) is 1.87. The molecule has 16 heavy (non-hydrogen) atoms. The Bertz CT molecular complexity index is 491. The number of piperazine rings is 1. The van der Waals surface area contributed by atoms with Crippen LogP contribution < -0.4 is 10.6 Å². The molecule has 0 spiro atoms. The van der Waals surface area contributed by atoms with Crippen molar-refractivity contribution in [1.29, 1.82) is 0 Å². The second kappa shape index (κ2) is 4.15. The fourth-order valence-electron chi connectivity index (χ4n) is 2.00. The van der Waals surface area contributed by atoms with Gasteiger partial charge in [0.15, 0.2) is 0 Å². The molecule has 2 aromatic rings. The van der Waals surface area contributed by atoms with Crippen LogP contribution in [0.1, 0.15) is 11.7 Å². The van der Waals surface area contributed by atoms with Crippen molar-refractivity contribution in [2.75, 3.05) is 19.6 Å². The van der Waals surface area contributed by atoms with Gasteiger partial charge in [0, 0.05) is 19.6 Å². The van der Waals surface area contributed by atoms with Gasteiger partial charge >= 0.3 is 0 Å². The SMILES string of the molecule is c1ccc2nc(C3CNCCN3)cnc2c1. The Balaban J connectivity index is 1.97. The Kier molecular flexibility index (Phi) is 2.52. The van der Waals surface area contributed by atoms with Crippen LogP contribution in [-0.4, -0.2) is 29.6 Å². The van der Waals surface area contributed by atoms with Crippen molar-refractivity contribution in [1.82, 2.24) is 20.6 Å². The van der Waals surface area contributed by atoms with Crippen LogP contribution in [0.2, 0.25) is 0 Å². The van der Waals surface area contributed by atoms with E-state index in [0.29, 0.717) is 0 Å². The van der Waals surface area contributed by atoms with E-state index < -0.39 is 0 Å². The minimum absolute atomic E-state index is 0.283. The largest absolute Gasteiger partial charge is 0.314 e. The summed E-state index contributed by atoms with van der Waals surface area (Å²) in [4.78, 5) is 9.06. The Morgan fingerprint density at radius 3 is 2.81 bits per heavy atom. The summed E-state index contributed by atoms with van der Waals surface area (Å²) in [6.45, 7) is 2.93. The van der Waals surface area contributed by atoms with Gasteiger partial charge in [0.2, 0.25) is 0 Å². The van der Waals surface area contributed by atoms with Gasteiger partial charge in [0.05, 0.1) is 29.0 Å². The maximum Gasteiger partial charge on any atom is 0.0890 e. The lowest BCUT2D eigenvalue weighted by Crippen LogP contribution is -2.43. The Morgan fingerprint density at radius 2 is 2.00 bits per heavy atom. The summed E-state index contributed by atoms with van der Waals surface area (Å²) in [6, 6.07) is 8.25. The Hall–Kier alpha value is -1.52. The van der Waals surface area contributed by atoms with Crippen molar-refractivity contribution in [3.63, 3.8) is 0 Å². The number of benzene rings is 1. The monoisotopic (exact) mass is 214 g/mol. The summed E-state index contributed by atoms with van der Waals surface area (Å²) in [5.74, 6) is 0. The molecule has 2 N–H and O–H groups in total. The van der Waals surface area contributed by atoms with Crippen molar-refractivity contribution >= 4 is 11.0 Å². The predicted octanol–water partition coefficient (Wildman–Crippen LogP) is 0.864. The van der Waals surface area contributed by atoms with Gasteiger partial charge in [-0.3, -0.25) is 4.98 Å². The second-order valence-electron chi connectivity index (χ2n) is 3.99. The maximum absolute atomic E-state index is 4.63. The summed E-state index contributed by atoms with van der Waals surface area (Å²) in [5.41, 5.74) is 2.94. The number of aromatic nitrogens is 2. The van der Waals surface area contributed by atoms with Gasteiger partial charge in [-0.25, -0.2) is 4.98 Å². The van der Waals surface area contributed by atoms with Gasteiger partial charge in [-0.2, -0.15) is 0 Å². The first-order chi connectivity index (χ1) is 7.93. The number of para-hydroxylation sites is 2. The average Bonchev–Trinajstić information content (AvgIpc) is 2.39. The third kappa shape index (κ3) is 1.77. The molecular weight excluding hydrogens is 200 g/mol. The maximum atomic E-state index is 4.63. The van der Waals surface area contributed by atoms with Crippen LogP contribution in [0.15, 0.2) is 30.5 Å². The summed E-state index contributed by atoms with van der Waals surface area (Å²) in [5, 5.41) is 6.79. The summed E-state index contributed by atoms with van der Waals surface area (Å²) >= 11 is 0. The Morgan fingerprint density at radius 1 is 1.12 bits per heavy atom. The van der Waals surface area contributed by atoms with Crippen molar-refractivity contribution in [3.05, 3.63) is 36.2 Å². The summed E-state index contributed by atoms with van der Waals surface area (Å²) in [7, 11) is 0. The van der Waals surface area contributed by atoms with Crippen LogP contribution in [0.4, 0.5) is 0 Å². The molecule has 1 aromatic carbocycles. The molecule has 0 amide bonds. The van der Waals surface area contributed by atoms with Crippen molar-refractivity contribution in [2.24, 2.45) is 0 Å². The number of nitrogens with one attached hydrogen (secondary N) is 2. The van der Waals surface area contributed by atoms with Gasteiger partial charge in [-0.05, 0) is 12.1 Å². The highest BCUT2D eigenvalue weighted by atomic mass is 15.1. The van der Waals surface area contributed by atoms with Gasteiger partial charge < -0.3 is 10.6 Å². The van der Waals surface area contributed by atoms with E-state index in [-0.39, 0.29) is 6.04 Å². The fourth-order valence-corrected chi connectivity index (χ4v) is 2.00. The predicted molar refractivity (Wildman–Crippen MR) is 63.2 cm³/mol. The molecule has 2 heterocycles. The molecule has 1 atom stereocenters. The highest BCUT2D eigenvalue weighted by Crippen LogP contribution is 2.14. The molecule has 1 aromatic heterocycles. The smallest absolute Gasteiger partial charge is 0.0890 e. The molecule has 1 aliphatic rings. The van der Waals surface area contributed by atoms with Crippen LogP contribution in [-0.2, 0) is 0 Å². The summed E-state index contributed by atoms with van der Waals surface area (Å²) < 4.78 is 0. The third-order valence-electron chi connectivity index (χ3n) is 2.87. The molecule has 1 aliphatic heterocycles. The molecule has 1 unspecified atom stereocenters. The molecule has 4 heteroatoms. The first-order valence-electron chi connectivity index (χ1n) is 5.59. The van der Waals surface area contributed by atoms with E-state index in [1.807, 2.05) is 30.5 Å². The Labute approximate surface area is 94.1 Å². The lowest BCUT2D eigenvalue weighted by atomic mass is 10.1. The lowest BCUT2D eigenvalue weighted by Gasteiger charge is -2.23. The van der Waals surface area contributed by atoms with E-state index in [9.17, 15) is 0 Å². The fraction of sp³-hybridized carbons (Fsp3) is 0.333. The molecule has 0 saturated carbocycles. The normalized spacial score (nSPS) is 21.1. The van der Waals surface area contributed by atoms with E-state index in [4.69, 9.17) is 0 Å². The zero-order chi connectivity index (χ0) is 10.8. The molecule has 82 valence electrons. The van der Waals surface area contributed by atoms with Crippen LogP contribution in [0.25, 0.3) is 11.0 Å². The van der Waals surface area contributed by atoms with E-state index in [0.717, 1.165) is 36.4 Å². The minimum Gasteiger partial charge on any atom is -0.314 e. The first kappa shape index (κ1) is 9.69. The molecule has 4 nitrogen and oxygen atoms in total. The molecule has 0 bridgehead atoms. The van der Waals surface area contributed by atoms with Gasteiger partial charge in [-0.1, -0.05) is 12.1 Å². The molecule has 1 fully saturated rings. The number of nitrogens with zero attached hydrogens (tertiary/aromatic N) is 2. The highest BCUT2D eigenvalue weighted by molar-refractivity contribution is 5.73. The quantitative estimate of drug-likeness (QED) is 0.739. The zero-order valence-corrected chi connectivity index (χ0v) is 8.98. The molecule has 0 aliphatic carbocycles. The van der Waals surface area contributed by atoms with Crippen LogP contribution in [0.3, 0.4) is 0 Å². The average molecular weight is 214 g/mol.